The molecule has 1 fully saturated rings. The molecule has 0 bridgehead atoms. The molecule has 0 aromatic heterocycles. The third-order valence-corrected chi connectivity index (χ3v) is 5.39. The van der Waals surface area contributed by atoms with Crippen molar-refractivity contribution in [2.75, 3.05) is 11.1 Å². The second-order valence-electron chi connectivity index (χ2n) is 6.14. The number of carbonyl (C=O) groups excluding carboxylic acids is 1. The van der Waals surface area contributed by atoms with Gasteiger partial charge in [-0.25, -0.2) is 0 Å². The number of benzene rings is 1. The first-order chi connectivity index (χ1) is 9.31. The van der Waals surface area contributed by atoms with Gasteiger partial charge in [0.2, 0.25) is 5.91 Å². The van der Waals surface area contributed by atoms with E-state index in [1.807, 2.05) is 0 Å². The number of nitrogen functional groups attached to an aromatic ring is 1. The quantitative estimate of drug-likeness (QED) is 0.686. The molecular weight excluding hydrogens is 384 g/mol. The van der Waals surface area contributed by atoms with Crippen LogP contribution in [0.4, 0.5) is 11.4 Å². The molecule has 2 rings (SSSR count). The van der Waals surface area contributed by atoms with Gasteiger partial charge in [-0.05, 0) is 62.2 Å². The molecule has 1 aliphatic carbocycles. The van der Waals surface area contributed by atoms with Gasteiger partial charge in [0.15, 0.2) is 0 Å². The van der Waals surface area contributed by atoms with Crippen LogP contribution in [0.15, 0.2) is 21.1 Å². The molecule has 5 heteroatoms. The lowest BCUT2D eigenvalue weighted by Gasteiger charge is -2.37. The van der Waals surface area contributed by atoms with Crippen molar-refractivity contribution in [2.45, 2.75) is 39.5 Å². The van der Waals surface area contributed by atoms with E-state index in [9.17, 15) is 4.79 Å². The molecule has 1 aromatic carbocycles. The van der Waals surface area contributed by atoms with Crippen LogP contribution in [0.1, 0.15) is 39.5 Å². The minimum absolute atomic E-state index is 0.0626. The maximum Gasteiger partial charge on any atom is 0.228 e. The van der Waals surface area contributed by atoms with E-state index in [0.717, 1.165) is 33.9 Å². The molecule has 1 amide bonds. The number of hydrogen-bond donors (Lipinski definition) is 2. The predicted octanol–water partition coefficient (Wildman–Crippen LogP) is 4.95. The van der Waals surface area contributed by atoms with Crippen LogP contribution in [0.5, 0.6) is 0 Å². The zero-order valence-corrected chi connectivity index (χ0v) is 15.0. The summed E-state index contributed by atoms with van der Waals surface area (Å²) in [6.07, 6.45) is 4.41. The van der Waals surface area contributed by atoms with Crippen LogP contribution in [0, 0.1) is 11.3 Å². The summed E-state index contributed by atoms with van der Waals surface area (Å²) < 4.78 is 1.60. The maximum atomic E-state index is 12.6. The van der Waals surface area contributed by atoms with E-state index in [-0.39, 0.29) is 17.2 Å². The summed E-state index contributed by atoms with van der Waals surface area (Å²) in [7, 11) is 0. The van der Waals surface area contributed by atoms with Crippen molar-refractivity contribution < 1.29 is 4.79 Å². The largest absolute Gasteiger partial charge is 0.399 e. The maximum absolute atomic E-state index is 12.6. The van der Waals surface area contributed by atoms with Crippen LogP contribution in [0.3, 0.4) is 0 Å². The zero-order valence-electron chi connectivity index (χ0n) is 11.8. The Kier molecular flexibility index (Phi) is 4.80. The zero-order chi connectivity index (χ0) is 14.9. The molecule has 110 valence electrons. The van der Waals surface area contributed by atoms with Crippen LogP contribution < -0.4 is 11.1 Å². The van der Waals surface area contributed by atoms with Crippen molar-refractivity contribution in [3.8, 4) is 0 Å². The van der Waals surface area contributed by atoms with Crippen LogP contribution in [-0.4, -0.2) is 5.91 Å². The fourth-order valence-electron chi connectivity index (χ4n) is 2.90. The predicted molar refractivity (Wildman–Crippen MR) is 90.6 cm³/mol. The molecule has 1 unspecified atom stereocenters. The first kappa shape index (κ1) is 15.8. The van der Waals surface area contributed by atoms with Gasteiger partial charge in [0.1, 0.15) is 0 Å². The highest BCUT2D eigenvalue weighted by atomic mass is 79.9. The summed E-state index contributed by atoms with van der Waals surface area (Å²) in [5.74, 6) is 0.161. The molecule has 3 nitrogen and oxygen atoms in total. The molecule has 1 aliphatic rings. The minimum atomic E-state index is 0.0626. The Hall–Kier alpha value is -0.550. The number of nitrogens with one attached hydrogen (secondary N) is 1. The van der Waals surface area contributed by atoms with E-state index < -0.39 is 0 Å². The third-order valence-electron chi connectivity index (χ3n) is 4.14. The average Bonchev–Trinajstić information content (AvgIpc) is 2.32. The lowest BCUT2D eigenvalue weighted by atomic mass is 9.68. The van der Waals surface area contributed by atoms with Gasteiger partial charge < -0.3 is 11.1 Å². The van der Waals surface area contributed by atoms with Crippen LogP contribution in [0.2, 0.25) is 0 Å². The van der Waals surface area contributed by atoms with Gasteiger partial charge in [-0.2, -0.15) is 0 Å². The summed E-state index contributed by atoms with van der Waals surface area (Å²) in [6.45, 7) is 4.37. The van der Waals surface area contributed by atoms with Crippen molar-refractivity contribution in [3.63, 3.8) is 0 Å². The summed E-state index contributed by atoms with van der Waals surface area (Å²) in [6, 6.07) is 3.60. The van der Waals surface area contributed by atoms with Gasteiger partial charge in [0.05, 0.1) is 5.69 Å². The average molecular weight is 404 g/mol. The SMILES string of the molecule is CC1(C)CCCCC1C(=O)Nc1c(Br)cc(N)cc1Br. The fraction of sp³-hybridized carbons (Fsp3) is 0.533. The smallest absolute Gasteiger partial charge is 0.228 e. The van der Waals surface area contributed by atoms with Crippen molar-refractivity contribution in [3.05, 3.63) is 21.1 Å². The fourth-order valence-corrected chi connectivity index (χ4v) is 4.32. The number of amides is 1. The summed E-state index contributed by atoms with van der Waals surface area (Å²) in [5.41, 5.74) is 7.24. The van der Waals surface area contributed by atoms with E-state index in [0.29, 0.717) is 5.69 Å². The van der Waals surface area contributed by atoms with Crippen molar-refractivity contribution in [2.24, 2.45) is 11.3 Å². The molecular formula is C15H20Br2N2O. The Morgan fingerprint density at radius 3 is 2.45 bits per heavy atom. The number of halogens is 2. The second-order valence-corrected chi connectivity index (χ2v) is 7.84. The molecule has 1 saturated carbocycles. The normalized spacial score (nSPS) is 21.5. The van der Waals surface area contributed by atoms with Gasteiger partial charge in [0.25, 0.3) is 0 Å². The van der Waals surface area contributed by atoms with Crippen LogP contribution in [-0.2, 0) is 4.79 Å². The number of anilines is 2. The Labute approximate surface area is 136 Å². The number of nitrogens with two attached hydrogens (primary N) is 1. The Balaban J connectivity index is 2.20. The lowest BCUT2D eigenvalue weighted by Crippen LogP contribution is -2.37. The second kappa shape index (κ2) is 6.06. The Bertz CT molecular complexity index is 506. The first-order valence-corrected chi connectivity index (χ1v) is 8.45. The summed E-state index contributed by atoms with van der Waals surface area (Å²) in [4.78, 5) is 12.6. The minimum Gasteiger partial charge on any atom is -0.399 e. The van der Waals surface area contributed by atoms with Gasteiger partial charge in [-0.15, -0.1) is 0 Å². The van der Waals surface area contributed by atoms with E-state index in [4.69, 9.17) is 5.73 Å². The number of carbonyl (C=O) groups is 1. The van der Waals surface area contributed by atoms with Gasteiger partial charge in [0, 0.05) is 20.6 Å². The Morgan fingerprint density at radius 1 is 1.30 bits per heavy atom. The van der Waals surface area contributed by atoms with Crippen molar-refractivity contribution in [1.82, 2.24) is 0 Å². The summed E-state index contributed by atoms with van der Waals surface area (Å²) >= 11 is 6.91. The van der Waals surface area contributed by atoms with Gasteiger partial charge in [-0.3, -0.25) is 4.79 Å². The monoisotopic (exact) mass is 402 g/mol. The molecule has 0 radical (unpaired) electrons. The highest BCUT2D eigenvalue weighted by Crippen LogP contribution is 2.42. The van der Waals surface area contributed by atoms with E-state index >= 15 is 0 Å². The lowest BCUT2D eigenvalue weighted by molar-refractivity contribution is -0.124. The molecule has 0 spiro atoms. The van der Waals surface area contributed by atoms with E-state index in [1.165, 1.54) is 6.42 Å². The topological polar surface area (TPSA) is 55.1 Å². The van der Waals surface area contributed by atoms with Gasteiger partial charge >= 0.3 is 0 Å². The number of rotatable bonds is 2. The highest BCUT2D eigenvalue weighted by molar-refractivity contribution is 9.11. The van der Waals surface area contributed by atoms with Crippen molar-refractivity contribution in [1.29, 1.82) is 0 Å². The van der Waals surface area contributed by atoms with E-state index in [2.05, 4.69) is 51.0 Å². The molecule has 0 heterocycles. The standard InChI is InChI=1S/C15H20Br2N2O/c1-15(2)6-4-3-5-10(15)14(20)19-13-11(16)7-9(18)8-12(13)17/h7-8,10H,3-6,18H2,1-2H3,(H,19,20). The molecule has 0 saturated heterocycles. The number of hydrogen-bond acceptors (Lipinski definition) is 2. The van der Waals surface area contributed by atoms with Crippen LogP contribution in [0.25, 0.3) is 0 Å². The van der Waals surface area contributed by atoms with Crippen LogP contribution >= 0.6 is 31.9 Å². The first-order valence-electron chi connectivity index (χ1n) is 6.86. The van der Waals surface area contributed by atoms with E-state index in [1.54, 1.807) is 12.1 Å². The molecule has 0 aliphatic heterocycles. The molecule has 1 aromatic rings. The third kappa shape index (κ3) is 3.37. The van der Waals surface area contributed by atoms with Crippen molar-refractivity contribution >= 4 is 49.1 Å². The molecule has 3 N–H and O–H groups in total. The highest BCUT2D eigenvalue weighted by Gasteiger charge is 2.37. The molecule has 20 heavy (non-hydrogen) atoms. The molecule has 1 atom stereocenters. The Morgan fingerprint density at radius 2 is 1.90 bits per heavy atom. The van der Waals surface area contributed by atoms with Gasteiger partial charge in [-0.1, -0.05) is 26.7 Å². The summed E-state index contributed by atoms with van der Waals surface area (Å²) in [5, 5.41) is 3.04.